The zero-order chi connectivity index (χ0) is 14.8. The predicted molar refractivity (Wildman–Crippen MR) is 67.6 cm³/mol. The Kier molecular flexibility index (Phi) is 4.10. The minimum atomic E-state index is -4.48. The smallest absolute Gasteiger partial charge is 0.364 e. The van der Waals surface area contributed by atoms with Crippen molar-refractivity contribution >= 4 is 0 Å². The summed E-state index contributed by atoms with van der Waals surface area (Å²) in [6.07, 6.45) is -3.54. The van der Waals surface area contributed by atoms with Gasteiger partial charge in [-0.25, -0.2) is 4.98 Å². The highest BCUT2D eigenvalue weighted by atomic mass is 19.4. The fraction of sp³-hybridized carbons (Fsp3) is 0.308. The monoisotopic (exact) mass is 285 g/mol. The summed E-state index contributed by atoms with van der Waals surface area (Å²) in [5.41, 5.74) is 6.03. The number of hydrogen-bond acceptors (Lipinski definition) is 3. The van der Waals surface area contributed by atoms with Gasteiger partial charge in [0.2, 0.25) is 0 Å². The second-order valence-electron chi connectivity index (χ2n) is 4.24. The van der Waals surface area contributed by atoms with E-state index in [1.165, 1.54) is 11.7 Å². The number of aromatic nitrogens is 2. The van der Waals surface area contributed by atoms with Crippen molar-refractivity contribution in [1.29, 1.82) is 0 Å². The van der Waals surface area contributed by atoms with Crippen LogP contribution in [0.5, 0.6) is 0 Å². The first-order valence-electron chi connectivity index (χ1n) is 5.88. The molecule has 108 valence electrons. The Bertz CT molecular complexity index is 576. The lowest BCUT2D eigenvalue weighted by Gasteiger charge is -2.06. The molecule has 0 atom stereocenters. The van der Waals surface area contributed by atoms with E-state index >= 15 is 0 Å². The Balaban J connectivity index is 2.44. The molecule has 0 radical (unpaired) electrons. The molecule has 0 spiro atoms. The van der Waals surface area contributed by atoms with E-state index in [9.17, 15) is 13.2 Å². The van der Waals surface area contributed by atoms with Crippen molar-refractivity contribution in [2.75, 3.05) is 7.11 Å². The van der Waals surface area contributed by atoms with Gasteiger partial charge in [-0.1, -0.05) is 24.3 Å². The molecule has 1 aromatic carbocycles. The first-order valence-corrected chi connectivity index (χ1v) is 5.88. The number of methoxy groups -OCH3 is 1. The molecule has 2 aromatic rings. The Labute approximate surface area is 114 Å². The number of nitrogens with zero attached hydrogens (tertiary/aromatic N) is 2. The van der Waals surface area contributed by atoms with Gasteiger partial charge in [-0.05, 0) is 5.56 Å². The van der Waals surface area contributed by atoms with Crippen LogP contribution in [-0.2, 0) is 24.2 Å². The molecule has 2 N–H and O–H groups in total. The van der Waals surface area contributed by atoms with Gasteiger partial charge in [0.05, 0.1) is 0 Å². The van der Waals surface area contributed by atoms with Gasteiger partial charge in [0.1, 0.15) is 12.6 Å². The predicted octanol–water partition coefficient (Wildman–Crippen LogP) is 2.63. The SMILES string of the molecule is COCn1cc(C(F)(F)F)nc1-c1ccc(CN)cc1. The quantitative estimate of drug-likeness (QED) is 0.939. The van der Waals surface area contributed by atoms with Crippen molar-refractivity contribution in [3.05, 3.63) is 41.7 Å². The molecular formula is C13H14F3N3O. The average Bonchev–Trinajstić information content (AvgIpc) is 2.83. The van der Waals surface area contributed by atoms with Gasteiger partial charge in [0, 0.05) is 25.4 Å². The Morgan fingerprint density at radius 3 is 2.40 bits per heavy atom. The van der Waals surface area contributed by atoms with Crippen molar-refractivity contribution in [3.8, 4) is 11.4 Å². The van der Waals surface area contributed by atoms with Crippen molar-refractivity contribution < 1.29 is 17.9 Å². The summed E-state index contributed by atoms with van der Waals surface area (Å²) in [4.78, 5) is 3.65. The van der Waals surface area contributed by atoms with Crippen LogP contribution in [0.2, 0.25) is 0 Å². The number of hydrogen-bond donors (Lipinski definition) is 1. The van der Waals surface area contributed by atoms with Crippen LogP contribution in [0, 0.1) is 0 Å². The number of alkyl halides is 3. The molecule has 0 amide bonds. The van der Waals surface area contributed by atoms with Gasteiger partial charge in [-0.3, -0.25) is 0 Å². The molecule has 0 aliphatic carbocycles. The number of benzene rings is 1. The van der Waals surface area contributed by atoms with Crippen LogP contribution in [0.3, 0.4) is 0 Å². The molecule has 0 aliphatic rings. The molecule has 0 fully saturated rings. The largest absolute Gasteiger partial charge is 0.434 e. The summed E-state index contributed by atoms with van der Waals surface area (Å²) in [5.74, 6) is 0.211. The fourth-order valence-corrected chi connectivity index (χ4v) is 1.81. The van der Waals surface area contributed by atoms with Gasteiger partial charge in [-0.15, -0.1) is 0 Å². The Morgan fingerprint density at radius 1 is 1.25 bits per heavy atom. The summed E-state index contributed by atoms with van der Waals surface area (Å²) in [6.45, 7) is 0.373. The summed E-state index contributed by atoms with van der Waals surface area (Å²) in [6, 6.07) is 6.90. The highest BCUT2D eigenvalue weighted by molar-refractivity contribution is 5.56. The van der Waals surface area contributed by atoms with E-state index < -0.39 is 11.9 Å². The highest BCUT2D eigenvalue weighted by Gasteiger charge is 2.34. The molecule has 1 heterocycles. The second kappa shape index (κ2) is 5.64. The van der Waals surface area contributed by atoms with Crippen molar-refractivity contribution in [2.45, 2.75) is 19.5 Å². The maximum Gasteiger partial charge on any atom is 0.434 e. The van der Waals surface area contributed by atoms with Crippen LogP contribution < -0.4 is 5.73 Å². The molecule has 0 aliphatic heterocycles. The summed E-state index contributed by atoms with van der Waals surface area (Å²) in [5, 5.41) is 0. The zero-order valence-electron chi connectivity index (χ0n) is 10.8. The van der Waals surface area contributed by atoms with Gasteiger partial charge in [-0.2, -0.15) is 13.2 Å². The first kappa shape index (κ1) is 14.5. The number of halogens is 3. The van der Waals surface area contributed by atoms with E-state index in [4.69, 9.17) is 10.5 Å². The van der Waals surface area contributed by atoms with Crippen LogP contribution in [0.15, 0.2) is 30.5 Å². The number of rotatable bonds is 4. The minimum Gasteiger partial charge on any atom is -0.364 e. The fourth-order valence-electron chi connectivity index (χ4n) is 1.81. The van der Waals surface area contributed by atoms with Crippen LogP contribution >= 0.6 is 0 Å². The molecule has 1 aromatic heterocycles. The lowest BCUT2D eigenvalue weighted by atomic mass is 10.1. The Hall–Kier alpha value is -1.86. The highest BCUT2D eigenvalue weighted by Crippen LogP contribution is 2.31. The van der Waals surface area contributed by atoms with Gasteiger partial charge in [0.15, 0.2) is 5.69 Å². The molecule has 0 unspecified atom stereocenters. The molecule has 20 heavy (non-hydrogen) atoms. The molecule has 7 heteroatoms. The van der Waals surface area contributed by atoms with Gasteiger partial charge in [0.25, 0.3) is 0 Å². The molecule has 2 rings (SSSR count). The first-order chi connectivity index (χ1) is 9.45. The zero-order valence-corrected chi connectivity index (χ0v) is 10.8. The lowest BCUT2D eigenvalue weighted by molar-refractivity contribution is -0.141. The average molecular weight is 285 g/mol. The van der Waals surface area contributed by atoms with Gasteiger partial charge >= 0.3 is 6.18 Å². The summed E-state index contributed by atoms with van der Waals surface area (Å²) in [7, 11) is 1.41. The van der Waals surface area contributed by atoms with Crippen molar-refractivity contribution in [2.24, 2.45) is 5.73 Å². The molecule has 0 saturated carbocycles. The third-order valence-corrected chi connectivity index (χ3v) is 2.78. The summed E-state index contributed by atoms with van der Waals surface area (Å²) < 4.78 is 44.4. The van der Waals surface area contributed by atoms with E-state index in [1.807, 2.05) is 0 Å². The number of imidazole rings is 1. The maximum absolute atomic E-state index is 12.7. The third kappa shape index (κ3) is 3.00. The second-order valence-corrected chi connectivity index (χ2v) is 4.24. The van der Waals surface area contributed by atoms with Crippen LogP contribution in [-0.4, -0.2) is 16.7 Å². The van der Waals surface area contributed by atoms with Crippen LogP contribution in [0.1, 0.15) is 11.3 Å². The van der Waals surface area contributed by atoms with E-state index in [0.717, 1.165) is 11.8 Å². The Morgan fingerprint density at radius 2 is 1.90 bits per heavy atom. The molecular weight excluding hydrogens is 271 g/mol. The summed E-state index contributed by atoms with van der Waals surface area (Å²) >= 11 is 0. The topological polar surface area (TPSA) is 53.1 Å². The van der Waals surface area contributed by atoms with Gasteiger partial charge < -0.3 is 15.0 Å². The van der Waals surface area contributed by atoms with Crippen molar-refractivity contribution in [3.63, 3.8) is 0 Å². The van der Waals surface area contributed by atoms with Crippen molar-refractivity contribution in [1.82, 2.24) is 9.55 Å². The standard InChI is InChI=1S/C13H14F3N3O/c1-20-8-19-7-11(13(14,15)16)18-12(19)10-4-2-9(6-17)3-5-10/h2-5,7H,6,8,17H2,1H3. The minimum absolute atomic E-state index is 0.00292. The normalized spacial score (nSPS) is 11.8. The van der Waals surface area contributed by atoms with E-state index in [1.54, 1.807) is 24.3 Å². The van der Waals surface area contributed by atoms with E-state index in [-0.39, 0.29) is 12.6 Å². The lowest BCUT2D eigenvalue weighted by Crippen LogP contribution is -2.05. The van der Waals surface area contributed by atoms with E-state index in [0.29, 0.717) is 12.1 Å². The van der Waals surface area contributed by atoms with Crippen LogP contribution in [0.4, 0.5) is 13.2 Å². The number of ether oxygens (including phenoxy) is 1. The molecule has 0 bridgehead atoms. The maximum atomic E-state index is 12.7. The molecule has 0 saturated heterocycles. The molecule has 4 nitrogen and oxygen atoms in total. The third-order valence-electron chi connectivity index (χ3n) is 2.78. The van der Waals surface area contributed by atoms with E-state index in [2.05, 4.69) is 4.98 Å². The number of nitrogens with two attached hydrogens (primary N) is 1. The van der Waals surface area contributed by atoms with Crippen LogP contribution in [0.25, 0.3) is 11.4 Å².